The van der Waals surface area contributed by atoms with Crippen molar-refractivity contribution in [2.75, 3.05) is 4.90 Å². The van der Waals surface area contributed by atoms with E-state index in [9.17, 15) is 14.0 Å². The van der Waals surface area contributed by atoms with Gasteiger partial charge >= 0.3 is 0 Å². The van der Waals surface area contributed by atoms with Gasteiger partial charge in [-0.05, 0) is 37.6 Å². The number of amides is 2. The predicted octanol–water partition coefficient (Wildman–Crippen LogP) is 1.85. The van der Waals surface area contributed by atoms with Crippen molar-refractivity contribution < 1.29 is 14.0 Å². The van der Waals surface area contributed by atoms with Gasteiger partial charge in [0.15, 0.2) is 0 Å². The Bertz CT molecular complexity index is 487. The summed E-state index contributed by atoms with van der Waals surface area (Å²) in [4.78, 5) is 25.7. The van der Waals surface area contributed by atoms with Crippen LogP contribution in [0.2, 0.25) is 0 Å². The van der Waals surface area contributed by atoms with Crippen LogP contribution in [0.1, 0.15) is 26.7 Å². The number of anilines is 1. The van der Waals surface area contributed by atoms with E-state index < -0.39 is 12.1 Å². The van der Waals surface area contributed by atoms with Gasteiger partial charge < -0.3 is 5.32 Å². The molecule has 1 saturated heterocycles. The quantitative estimate of drug-likeness (QED) is 0.905. The normalized spacial score (nSPS) is 23.4. The van der Waals surface area contributed by atoms with Gasteiger partial charge in [-0.3, -0.25) is 14.5 Å². The van der Waals surface area contributed by atoms with Crippen LogP contribution in [0.25, 0.3) is 0 Å². The molecule has 1 aromatic carbocycles. The molecule has 1 aliphatic rings. The summed E-state index contributed by atoms with van der Waals surface area (Å²) in [5, 5.41) is 2.72. The van der Waals surface area contributed by atoms with E-state index >= 15 is 0 Å². The third-order valence-corrected chi connectivity index (χ3v) is 3.30. The number of hydrogen-bond donors (Lipinski definition) is 1. The fourth-order valence-corrected chi connectivity index (χ4v) is 2.27. The summed E-state index contributed by atoms with van der Waals surface area (Å²) < 4.78 is 12.9. The maximum Gasteiger partial charge on any atom is 0.250 e. The van der Waals surface area contributed by atoms with Gasteiger partial charge in [-0.2, -0.15) is 0 Å². The Balaban J connectivity index is 2.32. The summed E-state index contributed by atoms with van der Waals surface area (Å²) in [5.74, 6) is -0.682. The van der Waals surface area contributed by atoms with Crippen molar-refractivity contribution in [2.24, 2.45) is 0 Å². The maximum atomic E-state index is 12.9. The molecule has 19 heavy (non-hydrogen) atoms. The zero-order valence-electron chi connectivity index (χ0n) is 11.0. The first-order valence-electron chi connectivity index (χ1n) is 6.43. The molecule has 2 unspecified atom stereocenters. The molecule has 4 nitrogen and oxygen atoms in total. The molecule has 1 aliphatic heterocycles. The van der Waals surface area contributed by atoms with Crippen molar-refractivity contribution in [1.82, 2.24) is 5.32 Å². The summed E-state index contributed by atoms with van der Waals surface area (Å²) >= 11 is 0. The summed E-state index contributed by atoms with van der Waals surface area (Å²) in [5.41, 5.74) is 0.551. The first-order chi connectivity index (χ1) is 9.04. The minimum Gasteiger partial charge on any atom is -0.342 e. The van der Waals surface area contributed by atoms with Crippen LogP contribution in [0.5, 0.6) is 0 Å². The lowest BCUT2D eigenvalue weighted by molar-refractivity contribution is -0.133. The van der Waals surface area contributed by atoms with Crippen LogP contribution in [0.3, 0.4) is 0 Å². The van der Waals surface area contributed by atoms with E-state index in [0.29, 0.717) is 12.1 Å². The van der Waals surface area contributed by atoms with Crippen LogP contribution in [-0.4, -0.2) is 23.9 Å². The predicted molar refractivity (Wildman–Crippen MR) is 70.2 cm³/mol. The molecule has 0 spiro atoms. The van der Waals surface area contributed by atoms with E-state index in [1.807, 2.05) is 6.92 Å². The minimum atomic E-state index is -0.578. The molecule has 1 fully saturated rings. The molecule has 102 valence electrons. The highest BCUT2D eigenvalue weighted by Gasteiger charge is 2.38. The van der Waals surface area contributed by atoms with Gasteiger partial charge in [0.1, 0.15) is 17.9 Å². The molecule has 2 amide bonds. The average Bonchev–Trinajstić information content (AvgIpc) is 2.39. The second kappa shape index (κ2) is 5.38. The Morgan fingerprint density at radius 1 is 1.26 bits per heavy atom. The van der Waals surface area contributed by atoms with Gasteiger partial charge in [0.2, 0.25) is 11.8 Å². The lowest BCUT2D eigenvalue weighted by atomic mass is 10.0. The maximum absolute atomic E-state index is 12.9. The molecule has 5 heteroatoms. The topological polar surface area (TPSA) is 49.4 Å². The smallest absolute Gasteiger partial charge is 0.250 e. The summed E-state index contributed by atoms with van der Waals surface area (Å²) in [7, 11) is 0. The monoisotopic (exact) mass is 264 g/mol. The third-order valence-electron chi connectivity index (χ3n) is 3.30. The molecule has 0 radical (unpaired) electrons. The van der Waals surface area contributed by atoms with Crippen LogP contribution < -0.4 is 10.2 Å². The molecule has 2 atom stereocenters. The van der Waals surface area contributed by atoms with Crippen LogP contribution >= 0.6 is 0 Å². The molecule has 0 saturated carbocycles. The number of carbonyl (C=O) groups is 2. The fraction of sp³-hybridized carbons (Fsp3) is 0.429. The highest BCUT2D eigenvalue weighted by atomic mass is 19.1. The highest BCUT2D eigenvalue weighted by molar-refractivity contribution is 6.08. The second-order valence-corrected chi connectivity index (χ2v) is 4.71. The van der Waals surface area contributed by atoms with Crippen LogP contribution in [0.15, 0.2) is 24.3 Å². The summed E-state index contributed by atoms with van der Waals surface area (Å²) in [6.07, 6.45) is 1.41. The van der Waals surface area contributed by atoms with Crippen molar-refractivity contribution in [3.63, 3.8) is 0 Å². The van der Waals surface area contributed by atoms with Crippen molar-refractivity contribution in [3.05, 3.63) is 30.1 Å². The molecule has 2 rings (SSSR count). The van der Waals surface area contributed by atoms with Crippen molar-refractivity contribution in [3.8, 4) is 0 Å². The van der Waals surface area contributed by atoms with Crippen molar-refractivity contribution in [1.29, 1.82) is 0 Å². The number of nitrogens with one attached hydrogen (secondary N) is 1. The Hall–Kier alpha value is -1.91. The highest BCUT2D eigenvalue weighted by Crippen LogP contribution is 2.22. The second-order valence-electron chi connectivity index (χ2n) is 4.71. The van der Waals surface area contributed by atoms with Gasteiger partial charge in [-0.15, -0.1) is 0 Å². The van der Waals surface area contributed by atoms with Gasteiger partial charge in [0.25, 0.3) is 0 Å². The van der Waals surface area contributed by atoms with E-state index in [1.54, 1.807) is 6.92 Å². The van der Waals surface area contributed by atoms with Crippen molar-refractivity contribution in [2.45, 2.75) is 38.8 Å². The van der Waals surface area contributed by atoms with Gasteiger partial charge in [0.05, 0.1) is 0 Å². The molecule has 1 N–H and O–H groups in total. The molecule has 1 aromatic rings. The zero-order valence-corrected chi connectivity index (χ0v) is 11.0. The molecule has 0 bridgehead atoms. The number of piperazine rings is 1. The largest absolute Gasteiger partial charge is 0.342 e. The van der Waals surface area contributed by atoms with Gasteiger partial charge in [0, 0.05) is 5.69 Å². The lowest BCUT2D eigenvalue weighted by Crippen LogP contribution is -2.62. The lowest BCUT2D eigenvalue weighted by Gasteiger charge is -2.37. The summed E-state index contributed by atoms with van der Waals surface area (Å²) in [6.45, 7) is 3.62. The van der Waals surface area contributed by atoms with Crippen LogP contribution in [-0.2, 0) is 9.59 Å². The van der Waals surface area contributed by atoms with Crippen LogP contribution in [0, 0.1) is 5.82 Å². The van der Waals surface area contributed by atoms with Gasteiger partial charge in [-0.1, -0.05) is 13.3 Å². The van der Waals surface area contributed by atoms with Gasteiger partial charge in [-0.25, -0.2) is 4.39 Å². The van der Waals surface area contributed by atoms with Crippen LogP contribution in [0.4, 0.5) is 10.1 Å². The number of halogens is 1. The first-order valence-corrected chi connectivity index (χ1v) is 6.43. The third kappa shape index (κ3) is 2.59. The number of benzene rings is 1. The van der Waals surface area contributed by atoms with E-state index in [0.717, 1.165) is 6.42 Å². The molecule has 0 aromatic heterocycles. The first kappa shape index (κ1) is 13.5. The average molecular weight is 264 g/mol. The summed E-state index contributed by atoms with van der Waals surface area (Å²) in [6, 6.07) is 4.55. The number of nitrogens with zero attached hydrogens (tertiary/aromatic N) is 1. The van der Waals surface area contributed by atoms with E-state index in [-0.39, 0.29) is 17.6 Å². The standard InChI is InChI=1S/C14H17FN2O2/c1-3-4-12-14(19)17(9(2)13(18)16-12)11-7-5-10(15)6-8-11/h5-9,12H,3-4H2,1-2H3,(H,16,18). The molecule has 1 heterocycles. The number of hydrogen-bond acceptors (Lipinski definition) is 2. The van der Waals surface area contributed by atoms with E-state index in [1.165, 1.54) is 29.2 Å². The minimum absolute atomic E-state index is 0.138. The zero-order chi connectivity index (χ0) is 14.0. The molecule has 0 aliphatic carbocycles. The Morgan fingerprint density at radius 3 is 2.47 bits per heavy atom. The Labute approximate surface area is 111 Å². The fourth-order valence-electron chi connectivity index (χ4n) is 2.27. The molecular weight excluding hydrogens is 247 g/mol. The Kier molecular flexibility index (Phi) is 3.83. The SMILES string of the molecule is CCCC1NC(=O)C(C)N(c2ccc(F)cc2)C1=O. The van der Waals surface area contributed by atoms with E-state index in [4.69, 9.17) is 0 Å². The van der Waals surface area contributed by atoms with E-state index in [2.05, 4.69) is 5.32 Å². The number of rotatable bonds is 3. The van der Waals surface area contributed by atoms with Crippen molar-refractivity contribution >= 4 is 17.5 Å². The Morgan fingerprint density at radius 2 is 1.89 bits per heavy atom. The molecular formula is C14H17FN2O2. The number of carbonyl (C=O) groups excluding carboxylic acids is 2.